The zero-order valence-electron chi connectivity index (χ0n) is 11.4. The van der Waals surface area contributed by atoms with E-state index >= 15 is 0 Å². The monoisotopic (exact) mass is 267 g/mol. The summed E-state index contributed by atoms with van der Waals surface area (Å²) in [5, 5.41) is 4.12. The highest BCUT2D eigenvalue weighted by molar-refractivity contribution is 6.33. The highest BCUT2D eigenvalue weighted by atomic mass is 35.5. The van der Waals surface area contributed by atoms with Gasteiger partial charge in [0, 0.05) is 32.4 Å². The Morgan fingerprint density at radius 1 is 1.50 bits per heavy atom. The van der Waals surface area contributed by atoms with Gasteiger partial charge in [-0.1, -0.05) is 25.4 Å². The van der Waals surface area contributed by atoms with Gasteiger partial charge in [-0.15, -0.1) is 0 Å². The van der Waals surface area contributed by atoms with Crippen LogP contribution in [0.1, 0.15) is 32.3 Å². The van der Waals surface area contributed by atoms with E-state index in [1.807, 2.05) is 12.3 Å². The Labute approximate surface area is 115 Å². The predicted molar refractivity (Wildman–Crippen MR) is 77.2 cm³/mol. The van der Waals surface area contributed by atoms with Gasteiger partial charge in [-0.2, -0.15) is 0 Å². The fourth-order valence-electron chi connectivity index (χ4n) is 1.94. The van der Waals surface area contributed by atoms with Crippen molar-refractivity contribution in [3.63, 3.8) is 0 Å². The molecule has 0 saturated heterocycles. The number of halogens is 1. The fraction of sp³-hybridized carbons (Fsp3) is 0.643. The second-order valence-electron chi connectivity index (χ2n) is 5.51. The second kappa shape index (κ2) is 5.89. The quantitative estimate of drug-likeness (QED) is 0.859. The van der Waals surface area contributed by atoms with Crippen molar-refractivity contribution < 1.29 is 0 Å². The third-order valence-electron chi connectivity index (χ3n) is 3.18. The average Bonchev–Trinajstić information content (AvgIpc) is 3.10. The predicted octanol–water partition coefficient (Wildman–Crippen LogP) is 3.08. The molecule has 1 aliphatic rings. The topological polar surface area (TPSA) is 28.2 Å². The molecule has 0 radical (unpaired) electrons. The number of anilines is 1. The van der Waals surface area contributed by atoms with Crippen molar-refractivity contribution in [3.8, 4) is 0 Å². The normalized spacial score (nSPS) is 15.2. The summed E-state index contributed by atoms with van der Waals surface area (Å²) >= 11 is 6.31. The SMILES string of the molecule is CC(C)NCc1cnc(N(C)CC2CC2)c(Cl)c1. The van der Waals surface area contributed by atoms with Crippen LogP contribution < -0.4 is 10.2 Å². The van der Waals surface area contributed by atoms with Crippen LogP contribution in [-0.2, 0) is 6.54 Å². The van der Waals surface area contributed by atoms with E-state index in [2.05, 4.69) is 36.1 Å². The standard InChI is InChI=1S/C14H22ClN3/c1-10(2)16-7-12-6-13(15)14(17-8-12)18(3)9-11-4-5-11/h6,8,10-11,16H,4-5,7,9H2,1-3H3. The summed E-state index contributed by atoms with van der Waals surface area (Å²) in [6.45, 7) is 6.15. The van der Waals surface area contributed by atoms with Gasteiger partial charge >= 0.3 is 0 Å². The zero-order chi connectivity index (χ0) is 13.1. The Morgan fingerprint density at radius 3 is 2.78 bits per heavy atom. The number of hydrogen-bond acceptors (Lipinski definition) is 3. The minimum Gasteiger partial charge on any atom is -0.358 e. The number of nitrogens with one attached hydrogen (secondary N) is 1. The maximum atomic E-state index is 6.31. The number of pyridine rings is 1. The van der Waals surface area contributed by atoms with E-state index in [-0.39, 0.29) is 0 Å². The maximum Gasteiger partial charge on any atom is 0.147 e. The lowest BCUT2D eigenvalue weighted by Gasteiger charge is -2.19. The highest BCUT2D eigenvalue weighted by Crippen LogP contribution is 2.32. The van der Waals surface area contributed by atoms with E-state index in [9.17, 15) is 0 Å². The van der Waals surface area contributed by atoms with Gasteiger partial charge < -0.3 is 10.2 Å². The molecule has 1 aliphatic carbocycles. The summed E-state index contributed by atoms with van der Waals surface area (Å²) in [5.41, 5.74) is 1.14. The minimum atomic E-state index is 0.473. The first-order valence-corrected chi connectivity index (χ1v) is 7.03. The molecule has 3 nitrogen and oxygen atoms in total. The number of aromatic nitrogens is 1. The first-order chi connectivity index (χ1) is 8.56. The van der Waals surface area contributed by atoms with Crippen molar-refractivity contribution in [2.24, 2.45) is 5.92 Å². The van der Waals surface area contributed by atoms with Crippen molar-refractivity contribution in [1.82, 2.24) is 10.3 Å². The van der Waals surface area contributed by atoms with Crippen molar-refractivity contribution >= 4 is 17.4 Å². The highest BCUT2D eigenvalue weighted by Gasteiger charge is 2.24. The van der Waals surface area contributed by atoms with Gasteiger partial charge in [0.1, 0.15) is 5.82 Å². The first-order valence-electron chi connectivity index (χ1n) is 6.65. The molecular formula is C14H22ClN3. The van der Waals surface area contributed by atoms with Crippen molar-refractivity contribution in [2.45, 2.75) is 39.3 Å². The Kier molecular flexibility index (Phi) is 4.46. The molecule has 0 atom stereocenters. The van der Waals surface area contributed by atoms with Gasteiger partial charge in [0.05, 0.1) is 5.02 Å². The molecule has 18 heavy (non-hydrogen) atoms. The molecule has 1 saturated carbocycles. The Morgan fingerprint density at radius 2 is 2.22 bits per heavy atom. The van der Waals surface area contributed by atoms with Crippen LogP contribution >= 0.6 is 11.6 Å². The van der Waals surface area contributed by atoms with Crippen LogP contribution in [0.3, 0.4) is 0 Å². The van der Waals surface area contributed by atoms with Gasteiger partial charge in [-0.3, -0.25) is 0 Å². The molecule has 0 amide bonds. The lowest BCUT2D eigenvalue weighted by Crippen LogP contribution is -2.23. The van der Waals surface area contributed by atoms with Gasteiger partial charge in [-0.05, 0) is 30.4 Å². The Balaban J connectivity index is 1.99. The van der Waals surface area contributed by atoms with Gasteiger partial charge in [-0.25, -0.2) is 4.98 Å². The summed E-state index contributed by atoms with van der Waals surface area (Å²) in [6.07, 6.45) is 4.61. The summed E-state index contributed by atoms with van der Waals surface area (Å²) in [5.74, 6) is 1.74. The molecule has 4 heteroatoms. The summed E-state index contributed by atoms with van der Waals surface area (Å²) in [7, 11) is 2.07. The summed E-state index contributed by atoms with van der Waals surface area (Å²) in [6, 6.07) is 2.49. The first kappa shape index (κ1) is 13.6. The van der Waals surface area contributed by atoms with Crippen LogP contribution in [0.4, 0.5) is 5.82 Å². The molecule has 1 heterocycles. The van der Waals surface area contributed by atoms with E-state index in [1.165, 1.54) is 12.8 Å². The summed E-state index contributed by atoms with van der Waals surface area (Å²) in [4.78, 5) is 6.66. The van der Waals surface area contributed by atoms with Gasteiger partial charge in [0.15, 0.2) is 0 Å². The fourth-order valence-corrected chi connectivity index (χ4v) is 2.28. The smallest absolute Gasteiger partial charge is 0.147 e. The maximum absolute atomic E-state index is 6.31. The van der Waals surface area contributed by atoms with E-state index in [4.69, 9.17) is 11.6 Å². The summed E-state index contributed by atoms with van der Waals surface area (Å²) < 4.78 is 0. The number of hydrogen-bond donors (Lipinski definition) is 1. The average molecular weight is 268 g/mol. The van der Waals surface area contributed by atoms with Crippen molar-refractivity contribution in [3.05, 3.63) is 22.8 Å². The molecule has 0 unspecified atom stereocenters. The molecule has 0 aliphatic heterocycles. The van der Waals surface area contributed by atoms with Crippen LogP contribution in [0.5, 0.6) is 0 Å². The van der Waals surface area contributed by atoms with Crippen LogP contribution in [0.25, 0.3) is 0 Å². The van der Waals surface area contributed by atoms with Crippen LogP contribution in [0, 0.1) is 5.92 Å². The van der Waals surface area contributed by atoms with E-state index in [1.54, 1.807) is 0 Å². The molecule has 0 bridgehead atoms. The van der Waals surface area contributed by atoms with E-state index in [0.29, 0.717) is 6.04 Å². The third kappa shape index (κ3) is 3.85. The van der Waals surface area contributed by atoms with Crippen molar-refractivity contribution in [2.75, 3.05) is 18.5 Å². The molecular weight excluding hydrogens is 246 g/mol. The van der Waals surface area contributed by atoms with Crippen LogP contribution in [-0.4, -0.2) is 24.6 Å². The van der Waals surface area contributed by atoms with Crippen LogP contribution in [0.2, 0.25) is 5.02 Å². The van der Waals surface area contributed by atoms with Gasteiger partial charge in [0.2, 0.25) is 0 Å². The molecule has 2 rings (SSSR count). The molecule has 1 N–H and O–H groups in total. The molecule has 100 valence electrons. The van der Waals surface area contributed by atoms with Gasteiger partial charge in [0.25, 0.3) is 0 Å². The number of rotatable bonds is 6. The molecule has 1 aromatic heterocycles. The third-order valence-corrected chi connectivity index (χ3v) is 3.46. The molecule has 0 aromatic carbocycles. The van der Waals surface area contributed by atoms with E-state index in [0.717, 1.165) is 35.4 Å². The lowest BCUT2D eigenvalue weighted by atomic mass is 10.2. The minimum absolute atomic E-state index is 0.473. The zero-order valence-corrected chi connectivity index (χ0v) is 12.2. The largest absolute Gasteiger partial charge is 0.358 e. The lowest BCUT2D eigenvalue weighted by molar-refractivity contribution is 0.588. The number of nitrogens with zero attached hydrogens (tertiary/aromatic N) is 2. The van der Waals surface area contributed by atoms with Crippen molar-refractivity contribution in [1.29, 1.82) is 0 Å². The Bertz CT molecular complexity index is 402. The Hall–Kier alpha value is -0.800. The van der Waals surface area contributed by atoms with Crippen LogP contribution in [0.15, 0.2) is 12.3 Å². The molecule has 1 fully saturated rings. The second-order valence-corrected chi connectivity index (χ2v) is 5.92. The van der Waals surface area contributed by atoms with E-state index < -0.39 is 0 Å². The molecule has 1 aromatic rings. The molecule has 0 spiro atoms.